The molecule has 0 aliphatic heterocycles. The van der Waals surface area contributed by atoms with E-state index in [0.717, 1.165) is 22.3 Å². The van der Waals surface area contributed by atoms with Crippen LogP contribution in [0.1, 0.15) is 50.4 Å². The topological polar surface area (TPSA) is 37.3 Å². The van der Waals surface area contributed by atoms with Crippen molar-refractivity contribution < 1.29 is 9.90 Å². The Bertz CT molecular complexity index is 710. The van der Waals surface area contributed by atoms with Gasteiger partial charge in [-0.25, -0.2) is 0 Å². The van der Waals surface area contributed by atoms with E-state index < -0.39 is 11.9 Å². The van der Waals surface area contributed by atoms with Crippen LogP contribution in [0.4, 0.5) is 0 Å². The van der Waals surface area contributed by atoms with E-state index in [-0.39, 0.29) is 0 Å². The van der Waals surface area contributed by atoms with Crippen molar-refractivity contribution in [2.75, 3.05) is 0 Å². The fourth-order valence-electron chi connectivity index (χ4n) is 3.79. The Labute approximate surface area is 139 Å². The third-order valence-electron chi connectivity index (χ3n) is 4.63. The van der Waals surface area contributed by atoms with Crippen LogP contribution < -0.4 is 0 Å². The molecule has 0 bridgehead atoms. The molecular formula is C21H26O2. The Morgan fingerprint density at radius 1 is 0.826 bits per heavy atom. The third kappa shape index (κ3) is 3.64. The monoisotopic (exact) mass is 310 g/mol. The molecule has 0 spiro atoms. The quantitative estimate of drug-likeness (QED) is 0.867. The van der Waals surface area contributed by atoms with Gasteiger partial charge in [-0.1, -0.05) is 35.4 Å². The molecule has 0 amide bonds. The second-order valence-corrected chi connectivity index (χ2v) is 6.78. The Morgan fingerprint density at radius 3 is 1.61 bits per heavy atom. The molecule has 1 atom stereocenters. The molecule has 0 fully saturated rings. The first-order chi connectivity index (χ1) is 10.7. The van der Waals surface area contributed by atoms with Crippen molar-refractivity contribution in [3.63, 3.8) is 0 Å². The van der Waals surface area contributed by atoms with Gasteiger partial charge in [0, 0.05) is 0 Å². The van der Waals surface area contributed by atoms with Crippen molar-refractivity contribution in [1.82, 2.24) is 0 Å². The highest BCUT2D eigenvalue weighted by Crippen LogP contribution is 2.31. The minimum absolute atomic E-state index is 0.504. The summed E-state index contributed by atoms with van der Waals surface area (Å²) in [5.41, 5.74) is 9.00. The summed E-state index contributed by atoms with van der Waals surface area (Å²) in [5, 5.41) is 9.84. The fourth-order valence-corrected chi connectivity index (χ4v) is 3.79. The van der Waals surface area contributed by atoms with Gasteiger partial charge in [0.15, 0.2) is 0 Å². The molecule has 0 aliphatic carbocycles. The van der Waals surface area contributed by atoms with Crippen molar-refractivity contribution in [2.24, 2.45) is 0 Å². The van der Waals surface area contributed by atoms with Crippen molar-refractivity contribution in [3.8, 4) is 0 Å². The lowest BCUT2D eigenvalue weighted by Crippen LogP contribution is -2.18. The molecule has 122 valence electrons. The Morgan fingerprint density at radius 2 is 1.22 bits per heavy atom. The van der Waals surface area contributed by atoms with Crippen LogP contribution >= 0.6 is 0 Å². The van der Waals surface area contributed by atoms with E-state index in [4.69, 9.17) is 0 Å². The second kappa shape index (κ2) is 6.57. The van der Waals surface area contributed by atoms with E-state index in [0.29, 0.717) is 6.42 Å². The summed E-state index contributed by atoms with van der Waals surface area (Å²) in [4.78, 5) is 12.0. The maximum absolute atomic E-state index is 12.0. The molecule has 0 radical (unpaired) electrons. The van der Waals surface area contributed by atoms with E-state index in [1.807, 2.05) is 20.8 Å². The van der Waals surface area contributed by atoms with Crippen LogP contribution in [-0.2, 0) is 11.2 Å². The summed E-state index contributed by atoms with van der Waals surface area (Å²) in [6.45, 7) is 12.3. The van der Waals surface area contributed by atoms with Crippen LogP contribution in [0.3, 0.4) is 0 Å². The number of carbonyl (C=O) groups is 1. The zero-order valence-corrected chi connectivity index (χ0v) is 14.9. The minimum Gasteiger partial charge on any atom is -0.481 e. The van der Waals surface area contributed by atoms with Crippen LogP contribution in [0, 0.1) is 41.5 Å². The van der Waals surface area contributed by atoms with Crippen molar-refractivity contribution >= 4 is 5.97 Å². The standard InChI is InChI=1S/C21H26O2/c1-12-7-14(3)18(15(4)8-12)11-19(21(22)23)20-16(5)9-13(2)10-17(20)6/h7-10,19H,11H2,1-6H3,(H,22,23). The maximum atomic E-state index is 12.0. The van der Waals surface area contributed by atoms with E-state index in [1.165, 1.54) is 22.3 Å². The lowest BCUT2D eigenvalue weighted by molar-refractivity contribution is -0.138. The van der Waals surface area contributed by atoms with Gasteiger partial charge < -0.3 is 5.11 Å². The second-order valence-electron chi connectivity index (χ2n) is 6.78. The van der Waals surface area contributed by atoms with Gasteiger partial charge in [-0.2, -0.15) is 0 Å². The Kier molecular flexibility index (Phi) is 4.93. The van der Waals surface area contributed by atoms with Crippen LogP contribution in [0.2, 0.25) is 0 Å². The Balaban J connectivity index is 2.52. The van der Waals surface area contributed by atoms with Gasteiger partial charge >= 0.3 is 5.97 Å². The molecule has 1 N–H and O–H groups in total. The average Bonchev–Trinajstić information content (AvgIpc) is 2.38. The molecule has 2 aromatic rings. The highest BCUT2D eigenvalue weighted by Gasteiger charge is 2.25. The highest BCUT2D eigenvalue weighted by molar-refractivity contribution is 5.78. The number of hydrogen-bond acceptors (Lipinski definition) is 1. The van der Waals surface area contributed by atoms with E-state index in [2.05, 4.69) is 45.0 Å². The predicted octanol–water partition coefficient (Wildman–Crippen LogP) is 4.95. The van der Waals surface area contributed by atoms with Crippen LogP contribution in [0.5, 0.6) is 0 Å². The first-order valence-electron chi connectivity index (χ1n) is 8.08. The lowest BCUT2D eigenvalue weighted by atomic mass is 9.83. The molecule has 1 unspecified atom stereocenters. The van der Waals surface area contributed by atoms with Crippen molar-refractivity contribution in [1.29, 1.82) is 0 Å². The molecule has 2 aromatic carbocycles. The lowest BCUT2D eigenvalue weighted by Gasteiger charge is -2.21. The van der Waals surface area contributed by atoms with Crippen molar-refractivity contribution in [3.05, 3.63) is 68.8 Å². The molecule has 23 heavy (non-hydrogen) atoms. The summed E-state index contributed by atoms with van der Waals surface area (Å²) in [6.07, 6.45) is 0.540. The molecule has 0 aliphatic rings. The zero-order valence-electron chi connectivity index (χ0n) is 14.9. The molecule has 0 saturated carbocycles. The number of benzene rings is 2. The van der Waals surface area contributed by atoms with E-state index in [1.54, 1.807) is 0 Å². The molecule has 0 saturated heterocycles. The third-order valence-corrected chi connectivity index (χ3v) is 4.63. The fraction of sp³-hybridized carbons (Fsp3) is 0.381. The summed E-state index contributed by atoms with van der Waals surface area (Å²) < 4.78 is 0. The van der Waals surface area contributed by atoms with E-state index in [9.17, 15) is 9.90 Å². The summed E-state index contributed by atoms with van der Waals surface area (Å²) >= 11 is 0. The SMILES string of the molecule is Cc1cc(C)c(CC(C(=O)O)c2c(C)cc(C)cc2C)c(C)c1. The molecular weight excluding hydrogens is 284 g/mol. The summed E-state index contributed by atoms with van der Waals surface area (Å²) in [7, 11) is 0. The van der Waals surface area contributed by atoms with Gasteiger partial charge in [0.2, 0.25) is 0 Å². The molecule has 2 rings (SSSR count). The average molecular weight is 310 g/mol. The van der Waals surface area contributed by atoms with Gasteiger partial charge in [0.1, 0.15) is 0 Å². The molecule has 2 nitrogen and oxygen atoms in total. The number of rotatable bonds is 4. The van der Waals surface area contributed by atoms with Gasteiger partial charge in [0.25, 0.3) is 0 Å². The smallest absolute Gasteiger partial charge is 0.311 e. The number of hydrogen-bond donors (Lipinski definition) is 1. The molecule has 0 aromatic heterocycles. The molecule has 2 heteroatoms. The van der Waals surface area contributed by atoms with Gasteiger partial charge in [-0.15, -0.1) is 0 Å². The number of aliphatic carboxylic acids is 1. The zero-order chi connectivity index (χ0) is 17.3. The normalized spacial score (nSPS) is 12.3. The van der Waals surface area contributed by atoms with Gasteiger partial charge in [0.05, 0.1) is 5.92 Å². The number of carboxylic acid groups (broad SMARTS) is 1. The molecule has 0 heterocycles. The Hall–Kier alpha value is -2.09. The minimum atomic E-state index is -0.751. The maximum Gasteiger partial charge on any atom is 0.311 e. The number of carboxylic acids is 1. The highest BCUT2D eigenvalue weighted by atomic mass is 16.4. The van der Waals surface area contributed by atoms with Gasteiger partial charge in [-0.3, -0.25) is 4.79 Å². The van der Waals surface area contributed by atoms with Crippen molar-refractivity contribution in [2.45, 2.75) is 53.9 Å². The van der Waals surface area contributed by atoms with Gasteiger partial charge in [-0.05, 0) is 81.3 Å². The first kappa shape index (κ1) is 17.3. The van der Waals surface area contributed by atoms with Crippen LogP contribution in [-0.4, -0.2) is 11.1 Å². The van der Waals surface area contributed by atoms with Crippen LogP contribution in [0.25, 0.3) is 0 Å². The summed E-state index contributed by atoms with van der Waals surface area (Å²) in [5.74, 6) is -1.25. The largest absolute Gasteiger partial charge is 0.481 e. The number of aryl methyl sites for hydroxylation is 6. The summed E-state index contributed by atoms with van der Waals surface area (Å²) in [6, 6.07) is 8.42. The van der Waals surface area contributed by atoms with Crippen LogP contribution in [0.15, 0.2) is 24.3 Å². The first-order valence-corrected chi connectivity index (χ1v) is 8.08. The van der Waals surface area contributed by atoms with E-state index >= 15 is 0 Å². The predicted molar refractivity (Wildman–Crippen MR) is 95.4 cm³/mol.